The summed E-state index contributed by atoms with van der Waals surface area (Å²) in [6, 6.07) is 7.99. The van der Waals surface area contributed by atoms with Crippen molar-refractivity contribution in [1.29, 1.82) is 0 Å². The van der Waals surface area contributed by atoms with E-state index in [1.54, 1.807) is 0 Å². The SMILES string of the molecule is CCOc1ccccc1NC[C@H]1CNCCO1. The Morgan fingerprint density at radius 1 is 1.47 bits per heavy atom. The van der Waals surface area contributed by atoms with Crippen molar-refractivity contribution in [3.05, 3.63) is 24.3 Å². The summed E-state index contributed by atoms with van der Waals surface area (Å²) in [6.07, 6.45) is 0.235. The summed E-state index contributed by atoms with van der Waals surface area (Å²) in [5.74, 6) is 0.902. The Balaban J connectivity index is 1.88. The van der Waals surface area contributed by atoms with Crippen molar-refractivity contribution in [2.24, 2.45) is 0 Å². The van der Waals surface area contributed by atoms with Crippen molar-refractivity contribution >= 4 is 5.69 Å². The van der Waals surface area contributed by atoms with Crippen molar-refractivity contribution in [2.45, 2.75) is 13.0 Å². The lowest BCUT2D eigenvalue weighted by molar-refractivity contribution is 0.0372. The summed E-state index contributed by atoms with van der Waals surface area (Å²) in [5, 5.41) is 6.69. The van der Waals surface area contributed by atoms with Gasteiger partial charge < -0.3 is 20.1 Å². The average molecular weight is 236 g/mol. The van der Waals surface area contributed by atoms with Gasteiger partial charge in [-0.2, -0.15) is 0 Å². The first-order valence-electron chi connectivity index (χ1n) is 6.18. The van der Waals surface area contributed by atoms with Crippen LogP contribution in [0.1, 0.15) is 6.92 Å². The number of rotatable bonds is 5. The van der Waals surface area contributed by atoms with Crippen molar-refractivity contribution < 1.29 is 9.47 Å². The van der Waals surface area contributed by atoms with Crippen LogP contribution in [0.2, 0.25) is 0 Å². The maximum Gasteiger partial charge on any atom is 0.142 e. The molecule has 1 saturated heterocycles. The molecule has 2 rings (SSSR count). The van der Waals surface area contributed by atoms with E-state index >= 15 is 0 Å². The molecular weight excluding hydrogens is 216 g/mol. The van der Waals surface area contributed by atoms with E-state index in [2.05, 4.69) is 10.6 Å². The molecule has 4 nitrogen and oxygen atoms in total. The molecule has 0 unspecified atom stereocenters. The Morgan fingerprint density at radius 2 is 2.35 bits per heavy atom. The third-order valence-electron chi connectivity index (χ3n) is 2.71. The van der Waals surface area contributed by atoms with Gasteiger partial charge in [-0.1, -0.05) is 12.1 Å². The molecular formula is C13H20N2O2. The zero-order valence-corrected chi connectivity index (χ0v) is 10.2. The van der Waals surface area contributed by atoms with Crippen molar-refractivity contribution in [2.75, 3.05) is 38.2 Å². The smallest absolute Gasteiger partial charge is 0.142 e. The maximum atomic E-state index is 5.63. The maximum absolute atomic E-state index is 5.63. The number of ether oxygens (including phenoxy) is 2. The Hall–Kier alpha value is -1.26. The van der Waals surface area contributed by atoms with Crippen molar-refractivity contribution in [3.63, 3.8) is 0 Å². The van der Waals surface area contributed by atoms with Gasteiger partial charge in [-0.15, -0.1) is 0 Å². The van der Waals surface area contributed by atoms with Crippen LogP contribution < -0.4 is 15.4 Å². The quantitative estimate of drug-likeness (QED) is 0.813. The van der Waals surface area contributed by atoms with Crippen LogP contribution in [-0.4, -0.2) is 39.0 Å². The van der Waals surface area contributed by atoms with Crippen LogP contribution >= 0.6 is 0 Å². The molecule has 1 aliphatic heterocycles. The van der Waals surface area contributed by atoms with Crippen LogP contribution in [0.25, 0.3) is 0 Å². The molecule has 0 spiro atoms. The molecule has 0 bridgehead atoms. The molecule has 17 heavy (non-hydrogen) atoms. The average Bonchev–Trinajstić information content (AvgIpc) is 2.39. The highest BCUT2D eigenvalue weighted by molar-refractivity contribution is 5.56. The standard InChI is InChI=1S/C13H20N2O2/c1-2-16-13-6-4-3-5-12(13)15-10-11-9-14-7-8-17-11/h3-6,11,14-15H,2,7-10H2,1H3/t11-/m1/s1. The summed E-state index contributed by atoms with van der Waals surface area (Å²) in [7, 11) is 0. The molecule has 1 aromatic rings. The summed E-state index contributed by atoms with van der Waals surface area (Å²) < 4.78 is 11.2. The molecule has 1 fully saturated rings. The topological polar surface area (TPSA) is 42.5 Å². The zero-order chi connectivity index (χ0) is 11.9. The van der Waals surface area contributed by atoms with Gasteiger partial charge in [-0.25, -0.2) is 0 Å². The second-order valence-corrected chi connectivity index (χ2v) is 4.01. The van der Waals surface area contributed by atoms with Gasteiger partial charge >= 0.3 is 0 Å². The summed E-state index contributed by atoms with van der Waals surface area (Å²) >= 11 is 0. The second kappa shape index (κ2) is 6.47. The highest BCUT2D eigenvalue weighted by atomic mass is 16.5. The highest BCUT2D eigenvalue weighted by Gasteiger charge is 2.13. The normalized spacial score (nSPS) is 19.9. The lowest BCUT2D eigenvalue weighted by Crippen LogP contribution is -2.42. The van der Waals surface area contributed by atoms with Crippen LogP contribution in [-0.2, 0) is 4.74 Å². The second-order valence-electron chi connectivity index (χ2n) is 4.01. The molecule has 4 heteroatoms. The number of benzene rings is 1. The molecule has 0 amide bonds. The molecule has 0 aliphatic carbocycles. The first-order chi connectivity index (χ1) is 8.40. The Morgan fingerprint density at radius 3 is 3.12 bits per heavy atom. The molecule has 0 saturated carbocycles. The van der Waals surface area contributed by atoms with Gasteiger partial charge in [-0.3, -0.25) is 0 Å². The fourth-order valence-electron chi connectivity index (χ4n) is 1.87. The third-order valence-corrected chi connectivity index (χ3v) is 2.71. The Kier molecular flexibility index (Phi) is 4.64. The van der Waals surface area contributed by atoms with E-state index in [0.29, 0.717) is 6.61 Å². The molecule has 1 heterocycles. The molecule has 1 aromatic carbocycles. The fraction of sp³-hybridized carbons (Fsp3) is 0.538. The van der Waals surface area contributed by atoms with E-state index in [1.165, 1.54) is 0 Å². The van der Waals surface area contributed by atoms with Crippen molar-refractivity contribution in [1.82, 2.24) is 5.32 Å². The number of anilines is 1. The minimum Gasteiger partial charge on any atom is -0.492 e. The number of para-hydroxylation sites is 2. The zero-order valence-electron chi connectivity index (χ0n) is 10.2. The summed E-state index contributed by atoms with van der Waals surface area (Å²) in [5.41, 5.74) is 1.03. The number of hydrogen-bond acceptors (Lipinski definition) is 4. The van der Waals surface area contributed by atoms with Gasteiger partial charge in [0.2, 0.25) is 0 Å². The van der Waals surface area contributed by atoms with Gasteiger partial charge in [-0.05, 0) is 19.1 Å². The predicted octanol–water partition coefficient (Wildman–Crippen LogP) is 1.49. The lowest BCUT2D eigenvalue weighted by atomic mass is 10.2. The fourth-order valence-corrected chi connectivity index (χ4v) is 1.87. The first-order valence-corrected chi connectivity index (χ1v) is 6.18. The van der Waals surface area contributed by atoms with Crippen LogP contribution in [0.4, 0.5) is 5.69 Å². The van der Waals surface area contributed by atoms with Crippen LogP contribution in [0.5, 0.6) is 5.75 Å². The Labute approximate surface area is 102 Å². The van der Waals surface area contributed by atoms with Gasteiger partial charge in [0.1, 0.15) is 5.75 Å². The molecule has 2 N–H and O–H groups in total. The summed E-state index contributed by atoms with van der Waals surface area (Å²) in [6.45, 7) is 6.12. The van der Waals surface area contributed by atoms with E-state index in [4.69, 9.17) is 9.47 Å². The lowest BCUT2D eigenvalue weighted by Gasteiger charge is -2.24. The predicted molar refractivity (Wildman–Crippen MR) is 68.7 cm³/mol. The van der Waals surface area contributed by atoms with Crippen molar-refractivity contribution in [3.8, 4) is 5.75 Å². The number of hydrogen-bond donors (Lipinski definition) is 2. The number of morpholine rings is 1. The molecule has 0 aromatic heterocycles. The van der Waals surface area contributed by atoms with Crippen LogP contribution in [0, 0.1) is 0 Å². The largest absolute Gasteiger partial charge is 0.492 e. The van der Waals surface area contributed by atoms with Gasteiger partial charge in [0, 0.05) is 19.6 Å². The highest BCUT2D eigenvalue weighted by Crippen LogP contribution is 2.23. The van der Waals surface area contributed by atoms with Gasteiger partial charge in [0.25, 0.3) is 0 Å². The third kappa shape index (κ3) is 3.61. The summed E-state index contributed by atoms with van der Waals surface area (Å²) in [4.78, 5) is 0. The van der Waals surface area contributed by atoms with E-state index in [1.807, 2.05) is 31.2 Å². The van der Waals surface area contributed by atoms with E-state index < -0.39 is 0 Å². The molecule has 94 valence electrons. The molecule has 0 radical (unpaired) electrons. The minimum atomic E-state index is 0.235. The monoisotopic (exact) mass is 236 g/mol. The van der Waals surface area contributed by atoms with E-state index in [0.717, 1.165) is 37.7 Å². The Bertz CT molecular complexity index is 338. The molecule has 1 aliphatic rings. The van der Waals surface area contributed by atoms with Crippen LogP contribution in [0.3, 0.4) is 0 Å². The van der Waals surface area contributed by atoms with Crippen LogP contribution in [0.15, 0.2) is 24.3 Å². The van der Waals surface area contributed by atoms with Gasteiger partial charge in [0.15, 0.2) is 0 Å². The van der Waals surface area contributed by atoms with E-state index in [-0.39, 0.29) is 6.10 Å². The number of nitrogens with one attached hydrogen (secondary N) is 2. The molecule has 1 atom stereocenters. The van der Waals surface area contributed by atoms with E-state index in [9.17, 15) is 0 Å². The minimum absolute atomic E-state index is 0.235. The first kappa shape index (κ1) is 12.2. The van der Waals surface area contributed by atoms with Gasteiger partial charge in [0.05, 0.1) is 25.0 Å².